The number of carbonyl (C=O) groups excluding carboxylic acids is 3. The summed E-state index contributed by atoms with van der Waals surface area (Å²) in [5.74, 6) is 0.643. The average molecular weight is 270 g/mol. The first-order chi connectivity index (χ1) is 8.77. The van der Waals surface area contributed by atoms with Crippen LogP contribution in [-0.4, -0.2) is 36.2 Å². The molecule has 0 heterocycles. The van der Waals surface area contributed by atoms with Gasteiger partial charge in [-0.05, 0) is 6.92 Å². The zero-order valence-electron chi connectivity index (χ0n) is 11.5. The van der Waals surface area contributed by atoms with Gasteiger partial charge in [-0.3, -0.25) is 14.4 Å². The number of carbonyl (C=O) groups is 3. The van der Waals surface area contributed by atoms with Crippen molar-refractivity contribution in [3.8, 4) is 12.3 Å². The van der Waals surface area contributed by atoms with Gasteiger partial charge in [0.2, 0.25) is 0 Å². The fraction of sp³-hybridized carbons (Fsp3) is 0.615. The third-order valence-electron chi connectivity index (χ3n) is 2.12. The Labute approximate surface area is 112 Å². The molecule has 19 heavy (non-hydrogen) atoms. The molecule has 0 radical (unpaired) electrons. The molecule has 0 spiro atoms. The van der Waals surface area contributed by atoms with Crippen LogP contribution in [0.25, 0.3) is 0 Å². The van der Waals surface area contributed by atoms with Crippen molar-refractivity contribution in [3.05, 3.63) is 0 Å². The minimum absolute atomic E-state index is 0.0448. The highest BCUT2D eigenvalue weighted by Gasteiger charge is 2.33. The third kappa shape index (κ3) is 7.09. The predicted molar refractivity (Wildman–Crippen MR) is 65.8 cm³/mol. The zero-order chi connectivity index (χ0) is 15.0. The smallest absolute Gasteiger partial charge is 0.303 e. The van der Waals surface area contributed by atoms with Gasteiger partial charge in [-0.25, -0.2) is 0 Å². The van der Waals surface area contributed by atoms with Gasteiger partial charge in [0, 0.05) is 27.2 Å². The zero-order valence-corrected chi connectivity index (χ0v) is 11.5. The van der Waals surface area contributed by atoms with Gasteiger partial charge in [-0.2, -0.15) is 0 Å². The molecule has 0 aromatic heterocycles. The van der Waals surface area contributed by atoms with Gasteiger partial charge in [-0.1, -0.05) is 0 Å². The van der Waals surface area contributed by atoms with Gasteiger partial charge in [0.15, 0.2) is 12.2 Å². The van der Waals surface area contributed by atoms with Crippen LogP contribution in [0.2, 0.25) is 0 Å². The molecule has 0 aliphatic carbocycles. The number of hydrogen-bond acceptors (Lipinski definition) is 6. The van der Waals surface area contributed by atoms with E-state index in [1.807, 2.05) is 0 Å². The van der Waals surface area contributed by atoms with Gasteiger partial charge in [0.05, 0.1) is 0 Å². The number of hydrogen-bond donors (Lipinski definition) is 0. The Morgan fingerprint density at radius 3 is 1.84 bits per heavy atom. The van der Waals surface area contributed by atoms with Crippen LogP contribution in [0.3, 0.4) is 0 Å². The van der Waals surface area contributed by atoms with E-state index in [2.05, 4.69) is 5.92 Å². The van der Waals surface area contributed by atoms with E-state index in [4.69, 9.17) is 20.6 Å². The summed E-state index contributed by atoms with van der Waals surface area (Å²) in [5, 5.41) is 0. The van der Waals surface area contributed by atoms with E-state index < -0.39 is 36.2 Å². The third-order valence-corrected chi connectivity index (χ3v) is 2.12. The fourth-order valence-corrected chi connectivity index (χ4v) is 1.55. The van der Waals surface area contributed by atoms with Crippen LogP contribution in [0.15, 0.2) is 0 Å². The molecule has 0 rings (SSSR count). The van der Waals surface area contributed by atoms with Crippen molar-refractivity contribution in [1.82, 2.24) is 0 Å². The summed E-state index contributed by atoms with van der Waals surface area (Å²) in [7, 11) is 0. The average Bonchev–Trinajstić information content (AvgIpc) is 2.23. The molecular formula is C13H18O6. The molecule has 0 aromatic rings. The topological polar surface area (TPSA) is 78.9 Å². The second-order valence-electron chi connectivity index (χ2n) is 3.94. The number of ether oxygens (including phenoxy) is 3. The summed E-state index contributed by atoms with van der Waals surface area (Å²) in [5.41, 5.74) is 0. The maximum atomic E-state index is 11.1. The molecule has 0 saturated carbocycles. The van der Waals surface area contributed by atoms with Gasteiger partial charge in [0.1, 0.15) is 6.10 Å². The van der Waals surface area contributed by atoms with Crippen molar-refractivity contribution in [2.75, 3.05) is 0 Å². The first kappa shape index (κ1) is 17.0. The van der Waals surface area contributed by atoms with Crippen molar-refractivity contribution < 1.29 is 28.6 Å². The Morgan fingerprint density at radius 2 is 1.47 bits per heavy atom. The first-order valence-corrected chi connectivity index (χ1v) is 5.73. The highest BCUT2D eigenvalue weighted by Crippen LogP contribution is 2.16. The van der Waals surface area contributed by atoms with Crippen LogP contribution in [0.5, 0.6) is 0 Å². The number of rotatable bonds is 6. The lowest BCUT2D eigenvalue weighted by Gasteiger charge is -2.29. The van der Waals surface area contributed by atoms with Crippen molar-refractivity contribution in [2.24, 2.45) is 0 Å². The Hall–Kier alpha value is -2.03. The van der Waals surface area contributed by atoms with Crippen LogP contribution in [-0.2, 0) is 28.6 Å². The van der Waals surface area contributed by atoms with Crippen molar-refractivity contribution in [3.63, 3.8) is 0 Å². The summed E-state index contributed by atoms with van der Waals surface area (Å²) in [6.45, 7) is 5.17. The van der Waals surface area contributed by atoms with Crippen molar-refractivity contribution >= 4 is 17.9 Å². The van der Waals surface area contributed by atoms with Crippen LogP contribution in [0, 0.1) is 12.3 Å². The number of terminal acetylenes is 1. The summed E-state index contributed by atoms with van der Waals surface area (Å²) in [6.07, 6.45) is 2.65. The van der Waals surface area contributed by atoms with Crippen LogP contribution in [0.1, 0.15) is 34.1 Å². The van der Waals surface area contributed by atoms with E-state index in [0.717, 1.165) is 0 Å². The van der Waals surface area contributed by atoms with Crippen LogP contribution >= 0.6 is 0 Å². The number of esters is 3. The molecule has 0 amide bonds. The lowest BCUT2D eigenvalue weighted by atomic mass is 10.1. The quantitative estimate of drug-likeness (QED) is 0.404. The molecule has 0 aromatic carbocycles. The maximum Gasteiger partial charge on any atom is 0.303 e. The minimum Gasteiger partial charge on any atom is -0.459 e. The van der Waals surface area contributed by atoms with Gasteiger partial charge in [-0.15, -0.1) is 12.3 Å². The first-order valence-electron chi connectivity index (χ1n) is 5.73. The van der Waals surface area contributed by atoms with Crippen LogP contribution in [0.4, 0.5) is 0 Å². The van der Waals surface area contributed by atoms with Crippen LogP contribution < -0.4 is 0 Å². The van der Waals surface area contributed by atoms with Gasteiger partial charge in [0.25, 0.3) is 0 Å². The van der Waals surface area contributed by atoms with Gasteiger partial charge >= 0.3 is 17.9 Å². The van der Waals surface area contributed by atoms with E-state index in [1.165, 1.54) is 27.7 Å². The Morgan fingerprint density at radius 1 is 1.00 bits per heavy atom. The lowest BCUT2D eigenvalue weighted by Crippen LogP contribution is -2.43. The van der Waals surface area contributed by atoms with Crippen molar-refractivity contribution in [2.45, 2.75) is 52.4 Å². The second kappa shape index (κ2) is 8.14. The normalized spacial score (nSPS) is 14.5. The highest BCUT2D eigenvalue weighted by molar-refractivity contribution is 5.68. The Balaban J connectivity index is 5.03. The summed E-state index contributed by atoms with van der Waals surface area (Å²) in [4.78, 5) is 33.0. The highest BCUT2D eigenvalue weighted by atomic mass is 16.6. The molecule has 106 valence electrons. The summed E-state index contributed by atoms with van der Waals surface area (Å²) < 4.78 is 15.0. The van der Waals surface area contributed by atoms with E-state index >= 15 is 0 Å². The SMILES string of the molecule is C#CC[C@@H](OC(C)=O)[C@H](OC(C)=O)[C@@H](C)OC(C)=O. The molecule has 6 heteroatoms. The maximum absolute atomic E-state index is 11.1. The molecule has 0 saturated heterocycles. The molecule has 0 aliphatic heterocycles. The van der Waals surface area contributed by atoms with E-state index in [0.29, 0.717) is 0 Å². The predicted octanol–water partition coefficient (Wildman–Crippen LogP) is 0.825. The molecule has 3 atom stereocenters. The standard InChI is InChI=1S/C13H18O6/c1-6-7-12(18-10(4)15)13(19-11(5)16)8(2)17-9(3)14/h1,8,12-13H,7H2,2-5H3/t8-,12-,13-/m1/s1. The molecule has 0 N–H and O–H groups in total. The molecule has 6 nitrogen and oxygen atoms in total. The second-order valence-corrected chi connectivity index (χ2v) is 3.94. The minimum atomic E-state index is -0.943. The van der Waals surface area contributed by atoms with E-state index in [1.54, 1.807) is 0 Å². The summed E-state index contributed by atoms with van der Waals surface area (Å²) in [6, 6.07) is 0. The Kier molecular flexibility index (Phi) is 7.27. The van der Waals surface area contributed by atoms with E-state index in [-0.39, 0.29) is 6.42 Å². The lowest BCUT2D eigenvalue weighted by molar-refractivity contribution is -0.180. The molecule has 0 fully saturated rings. The monoisotopic (exact) mass is 270 g/mol. The molecule has 0 unspecified atom stereocenters. The largest absolute Gasteiger partial charge is 0.459 e. The van der Waals surface area contributed by atoms with Crippen molar-refractivity contribution in [1.29, 1.82) is 0 Å². The van der Waals surface area contributed by atoms with Gasteiger partial charge < -0.3 is 14.2 Å². The van der Waals surface area contributed by atoms with E-state index in [9.17, 15) is 14.4 Å². The molecule has 0 bridgehead atoms. The molecular weight excluding hydrogens is 252 g/mol. The Bertz CT molecular complexity index is 381. The summed E-state index contributed by atoms with van der Waals surface area (Å²) >= 11 is 0. The fourth-order valence-electron chi connectivity index (χ4n) is 1.55. The molecule has 0 aliphatic rings.